The van der Waals surface area contributed by atoms with Crippen molar-refractivity contribution in [2.24, 2.45) is 0 Å². The predicted molar refractivity (Wildman–Crippen MR) is 48.2 cm³/mol. The molecule has 0 amide bonds. The fourth-order valence-corrected chi connectivity index (χ4v) is 1.60. The first-order valence-corrected chi connectivity index (χ1v) is 4.49. The number of hydrogen-bond donors (Lipinski definition) is 1. The molecule has 2 rings (SSSR count). The third-order valence-electron chi connectivity index (χ3n) is 2.18. The fourth-order valence-electron chi connectivity index (χ4n) is 1.60. The fraction of sp³-hybridized carbons (Fsp3) is 0.556. The molecular formula is C9H13N3. The number of nitrogens with zero attached hydrogens (tertiary/aromatic N) is 2. The summed E-state index contributed by atoms with van der Waals surface area (Å²) in [7, 11) is 0. The van der Waals surface area contributed by atoms with E-state index in [4.69, 9.17) is 0 Å². The zero-order chi connectivity index (χ0) is 8.39. The summed E-state index contributed by atoms with van der Waals surface area (Å²) in [6, 6.07) is 2.12. The molecule has 1 heterocycles. The van der Waals surface area contributed by atoms with Crippen LogP contribution in [0.15, 0.2) is 6.07 Å². The summed E-state index contributed by atoms with van der Waals surface area (Å²) in [6.45, 7) is 2.97. The normalized spacial score (nSPS) is 14.4. The van der Waals surface area contributed by atoms with E-state index in [0.717, 1.165) is 18.8 Å². The first-order chi connectivity index (χ1) is 5.90. The highest BCUT2D eigenvalue weighted by molar-refractivity contribution is 5.39. The lowest BCUT2D eigenvalue weighted by atomic mass is 10.2. The van der Waals surface area contributed by atoms with Crippen molar-refractivity contribution in [3.05, 3.63) is 17.3 Å². The maximum Gasteiger partial charge on any atom is 0.148 e. The molecule has 0 radical (unpaired) electrons. The molecule has 1 aromatic heterocycles. The first-order valence-electron chi connectivity index (χ1n) is 4.49. The summed E-state index contributed by atoms with van der Waals surface area (Å²) in [4.78, 5) is 0. The minimum atomic E-state index is 0.910. The van der Waals surface area contributed by atoms with Crippen molar-refractivity contribution in [3.8, 4) is 0 Å². The maximum absolute atomic E-state index is 4.17. The van der Waals surface area contributed by atoms with Crippen molar-refractivity contribution < 1.29 is 0 Å². The minimum absolute atomic E-state index is 0.910. The van der Waals surface area contributed by atoms with Crippen molar-refractivity contribution in [3.63, 3.8) is 0 Å². The average molecular weight is 163 g/mol. The molecule has 64 valence electrons. The molecule has 1 aromatic rings. The molecule has 0 fully saturated rings. The van der Waals surface area contributed by atoms with Crippen LogP contribution in [0.5, 0.6) is 0 Å². The van der Waals surface area contributed by atoms with Gasteiger partial charge in [-0.1, -0.05) is 0 Å². The van der Waals surface area contributed by atoms with Gasteiger partial charge in [-0.2, -0.15) is 5.10 Å². The molecule has 0 saturated heterocycles. The van der Waals surface area contributed by atoms with Crippen LogP contribution >= 0.6 is 0 Å². The highest BCUT2D eigenvalue weighted by Crippen LogP contribution is 2.20. The number of anilines is 1. The quantitative estimate of drug-likeness (QED) is 0.716. The van der Waals surface area contributed by atoms with Gasteiger partial charge in [0.05, 0.1) is 5.69 Å². The summed E-state index contributed by atoms with van der Waals surface area (Å²) in [5.41, 5.74) is 2.57. The number of rotatable bonds is 2. The van der Waals surface area contributed by atoms with Crippen LogP contribution in [0.25, 0.3) is 0 Å². The Bertz CT molecular complexity index is 283. The average Bonchev–Trinajstić information content (AvgIpc) is 2.51. The number of fused-ring (bicyclic) bond motifs is 1. The van der Waals surface area contributed by atoms with E-state index in [0.29, 0.717) is 0 Å². The lowest BCUT2D eigenvalue weighted by Gasteiger charge is -2.02. The van der Waals surface area contributed by atoms with Gasteiger partial charge in [-0.05, 0) is 37.8 Å². The molecule has 1 aliphatic carbocycles. The van der Waals surface area contributed by atoms with Gasteiger partial charge in [0.15, 0.2) is 0 Å². The van der Waals surface area contributed by atoms with Crippen LogP contribution in [0.1, 0.15) is 24.6 Å². The monoisotopic (exact) mass is 163 g/mol. The minimum Gasteiger partial charge on any atom is -0.369 e. The van der Waals surface area contributed by atoms with Gasteiger partial charge in [0.25, 0.3) is 0 Å². The lowest BCUT2D eigenvalue weighted by Crippen LogP contribution is -2.02. The molecule has 3 nitrogen and oxygen atoms in total. The number of nitrogens with one attached hydrogen (secondary N) is 1. The second kappa shape index (κ2) is 3.09. The Morgan fingerprint density at radius 1 is 1.42 bits per heavy atom. The summed E-state index contributed by atoms with van der Waals surface area (Å²) in [5.74, 6) is 0.915. The van der Waals surface area contributed by atoms with Gasteiger partial charge in [-0.3, -0.25) is 0 Å². The Labute approximate surface area is 72.2 Å². The molecule has 0 unspecified atom stereocenters. The van der Waals surface area contributed by atoms with Crippen LogP contribution in [0.2, 0.25) is 0 Å². The van der Waals surface area contributed by atoms with Crippen LogP contribution in [0.4, 0.5) is 5.82 Å². The SMILES string of the molecule is CCNc1cc2c(nn1)CCC2. The van der Waals surface area contributed by atoms with Gasteiger partial charge in [0, 0.05) is 6.54 Å². The second-order valence-corrected chi connectivity index (χ2v) is 3.09. The molecule has 0 aliphatic heterocycles. The highest BCUT2D eigenvalue weighted by atomic mass is 15.2. The summed E-state index contributed by atoms with van der Waals surface area (Å²) >= 11 is 0. The summed E-state index contributed by atoms with van der Waals surface area (Å²) in [6.07, 6.45) is 3.51. The van der Waals surface area contributed by atoms with E-state index in [9.17, 15) is 0 Å². The van der Waals surface area contributed by atoms with Gasteiger partial charge in [0.2, 0.25) is 0 Å². The highest BCUT2D eigenvalue weighted by Gasteiger charge is 2.12. The Morgan fingerprint density at radius 2 is 2.33 bits per heavy atom. The second-order valence-electron chi connectivity index (χ2n) is 3.09. The molecule has 0 atom stereocenters. The van der Waals surface area contributed by atoms with Gasteiger partial charge in [-0.25, -0.2) is 0 Å². The van der Waals surface area contributed by atoms with Gasteiger partial charge in [-0.15, -0.1) is 5.10 Å². The molecule has 1 aliphatic rings. The zero-order valence-electron chi connectivity index (χ0n) is 7.30. The van der Waals surface area contributed by atoms with E-state index in [1.807, 2.05) is 0 Å². The number of hydrogen-bond acceptors (Lipinski definition) is 3. The van der Waals surface area contributed by atoms with Crippen molar-refractivity contribution in [2.45, 2.75) is 26.2 Å². The van der Waals surface area contributed by atoms with E-state index < -0.39 is 0 Å². The Kier molecular flexibility index (Phi) is 1.94. The van der Waals surface area contributed by atoms with Crippen LogP contribution in [-0.2, 0) is 12.8 Å². The summed E-state index contributed by atoms with van der Waals surface area (Å²) in [5, 5.41) is 11.4. The van der Waals surface area contributed by atoms with Crippen LogP contribution in [-0.4, -0.2) is 16.7 Å². The third-order valence-corrected chi connectivity index (χ3v) is 2.18. The van der Waals surface area contributed by atoms with Crippen molar-refractivity contribution >= 4 is 5.82 Å². The van der Waals surface area contributed by atoms with E-state index in [1.54, 1.807) is 0 Å². The van der Waals surface area contributed by atoms with Gasteiger partial charge in [0.1, 0.15) is 5.82 Å². The first kappa shape index (κ1) is 7.53. The number of aromatic nitrogens is 2. The standard InChI is InChI=1S/C9H13N3/c1-2-10-9-6-7-4-3-5-8(7)11-12-9/h6H,2-5H2,1H3,(H,10,12). The molecule has 12 heavy (non-hydrogen) atoms. The van der Waals surface area contributed by atoms with Gasteiger partial charge >= 0.3 is 0 Å². The molecule has 0 aromatic carbocycles. The van der Waals surface area contributed by atoms with Crippen molar-refractivity contribution in [1.82, 2.24) is 10.2 Å². The zero-order valence-corrected chi connectivity index (χ0v) is 7.30. The van der Waals surface area contributed by atoms with Crippen LogP contribution in [0.3, 0.4) is 0 Å². The van der Waals surface area contributed by atoms with E-state index in [1.165, 1.54) is 24.1 Å². The van der Waals surface area contributed by atoms with E-state index in [-0.39, 0.29) is 0 Å². The topological polar surface area (TPSA) is 37.8 Å². The Balaban J connectivity index is 2.26. The third kappa shape index (κ3) is 1.26. The van der Waals surface area contributed by atoms with Crippen LogP contribution in [0, 0.1) is 0 Å². The Morgan fingerprint density at radius 3 is 3.17 bits per heavy atom. The molecule has 0 bridgehead atoms. The van der Waals surface area contributed by atoms with Crippen molar-refractivity contribution in [1.29, 1.82) is 0 Å². The summed E-state index contributed by atoms with van der Waals surface area (Å²) < 4.78 is 0. The van der Waals surface area contributed by atoms with Gasteiger partial charge < -0.3 is 5.32 Å². The molecule has 0 spiro atoms. The molecule has 0 saturated carbocycles. The van der Waals surface area contributed by atoms with Crippen molar-refractivity contribution in [2.75, 3.05) is 11.9 Å². The van der Waals surface area contributed by atoms with E-state index in [2.05, 4.69) is 28.5 Å². The molecule has 3 heteroatoms. The lowest BCUT2D eigenvalue weighted by molar-refractivity contribution is 0.878. The molecule has 1 N–H and O–H groups in total. The molecular weight excluding hydrogens is 150 g/mol. The predicted octanol–water partition coefficient (Wildman–Crippen LogP) is 1.40. The maximum atomic E-state index is 4.17. The largest absolute Gasteiger partial charge is 0.369 e. The van der Waals surface area contributed by atoms with Crippen LogP contribution < -0.4 is 5.32 Å². The number of aryl methyl sites for hydroxylation is 2. The Hall–Kier alpha value is -1.12. The van der Waals surface area contributed by atoms with E-state index >= 15 is 0 Å². The smallest absolute Gasteiger partial charge is 0.148 e.